The summed E-state index contributed by atoms with van der Waals surface area (Å²) in [5, 5.41) is 14.9. The molecule has 28 heavy (non-hydrogen) atoms. The lowest BCUT2D eigenvalue weighted by atomic mass is 10.3. The van der Waals surface area contributed by atoms with Gasteiger partial charge in [-0.05, 0) is 25.5 Å². The Labute approximate surface area is 161 Å². The molecule has 0 bridgehead atoms. The van der Waals surface area contributed by atoms with Crippen LogP contribution in [0.4, 0.5) is 5.69 Å². The standard InChI is InChI=1S/C18H21N3O7/c1-3-5-10-27-16(22)12-28-15-11-20(19-17(15)18(23)26-4-2)13-6-8-14(9-7-13)21(24)25/h6-9,11H,3-5,10,12H2,1-2H3. The van der Waals surface area contributed by atoms with Crippen LogP contribution < -0.4 is 4.74 Å². The van der Waals surface area contributed by atoms with Crippen molar-refractivity contribution in [2.45, 2.75) is 26.7 Å². The molecule has 0 fully saturated rings. The first-order chi connectivity index (χ1) is 13.5. The van der Waals surface area contributed by atoms with E-state index in [1.54, 1.807) is 6.92 Å². The Morgan fingerprint density at radius 3 is 2.50 bits per heavy atom. The van der Waals surface area contributed by atoms with Gasteiger partial charge in [-0.2, -0.15) is 5.10 Å². The SMILES string of the molecule is CCCCOC(=O)COc1cn(-c2ccc([N+](=O)[O-])cc2)nc1C(=O)OCC. The van der Waals surface area contributed by atoms with Gasteiger partial charge in [0.15, 0.2) is 12.4 Å². The minimum absolute atomic E-state index is 0.0456. The molecule has 0 unspecified atom stereocenters. The molecule has 2 rings (SSSR count). The normalized spacial score (nSPS) is 10.4. The highest BCUT2D eigenvalue weighted by Crippen LogP contribution is 2.22. The van der Waals surface area contributed by atoms with Crippen molar-refractivity contribution in [2.75, 3.05) is 19.8 Å². The number of esters is 2. The molecule has 1 aromatic heterocycles. The quantitative estimate of drug-likeness (QED) is 0.262. The average Bonchev–Trinajstić information content (AvgIpc) is 3.11. The number of rotatable bonds is 10. The van der Waals surface area contributed by atoms with E-state index in [9.17, 15) is 19.7 Å². The molecular weight excluding hydrogens is 370 g/mol. The van der Waals surface area contributed by atoms with Gasteiger partial charge in [-0.3, -0.25) is 10.1 Å². The summed E-state index contributed by atoms with van der Waals surface area (Å²) in [6, 6.07) is 5.57. The van der Waals surface area contributed by atoms with Crippen LogP contribution in [0, 0.1) is 10.1 Å². The van der Waals surface area contributed by atoms with Crippen LogP contribution in [-0.4, -0.2) is 46.5 Å². The van der Waals surface area contributed by atoms with Crippen molar-refractivity contribution < 1.29 is 28.7 Å². The Morgan fingerprint density at radius 1 is 1.18 bits per heavy atom. The Bertz CT molecular complexity index is 830. The van der Waals surface area contributed by atoms with Gasteiger partial charge >= 0.3 is 11.9 Å². The first-order valence-electron chi connectivity index (χ1n) is 8.76. The Balaban J connectivity index is 2.19. The molecular formula is C18H21N3O7. The molecule has 0 saturated heterocycles. The number of carbonyl (C=O) groups is 2. The molecule has 1 heterocycles. The van der Waals surface area contributed by atoms with Gasteiger partial charge in [0, 0.05) is 12.1 Å². The number of hydrogen-bond donors (Lipinski definition) is 0. The molecule has 0 amide bonds. The van der Waals surface area contributed by atoms with Gasteiger partial charge in [-0.15, -0.1) is 0 Å². The second kappa shape index (κ2) is 10.0. The summed E-state index contributed by atoms with van der Waals surface area (Å²) in [5.74, 6) is -1.23. The maximum absolute atomic E-state index is 12.1. The van der Waals surface area contributed by atoms with Crippen molar-refractivity contribution in [3.05, 3.63) is 46.3 Å². The molecule has 0 aliphatic rings. The van der Waals surface area contributed by atoms with Crippen LogP contribution in [0.2, 0.25) is 0 Å². The Hall–Kier alpha value is -3.43. The Kier molecular flexibility index (Phi) is 7.49. The fourth-order valence-electron chi connectivity index (χ4n) is 2.17. The molecule has 0 aliphatic carbocycles. The van der Waals surface area contributed by atoms with Crippen LogP contribution in [0.15, 0.2) is 30.5 Å². The smallest absolute Gasteiger partial charge is 0.362 e. The summed E-state index contributed by atoms with van der Waals surface area (Å²) in [7, 11) is 0. The van der Waals surface area contributed by atoms with E-state index < -0.39 is 16.9 Å². The number of carbonyl (C=O) groups excluding carboxylic acids is 2. The highest BCUT2D eigenvalue weighted by atomic mass is 16.6. The predicted molar refractivity (Wildman–Crippen MR) is 97.5 cm³/mol. The molecule has 10 heteroatoms. The number of hydrogen-bond acceptors (Lipinski definition) is 8. The van der Waals surface area contributed by atoms with Gasteiger partial charge in [0.25, 0.3) is 5.69 Å². The van der Waals surface area contributed by atoms with Gasteiger partial charge in [0.05, 0.1) is 30.0 Å². The van der Waals surface area contributed by atoms with E-state index in [0.29, 0.717) is 12.3 Å². The molecule has 0 atom stereocenters. The lowest BCUT2D eigenvalue weighted by Gasteiger charge is -2.06. The van der Waals surface area contributed by atoms with Crippen LogP contribution in [0.1, 0.15) is 37.2 Å². The van der Waals surface area contributed by atoms with E-state index >= 15 is 0 Å². The minimum Gasteiger partial charge on any atom is -0.478 e. The van der Waals surface area contributed by atoms with Gasteiger partial charge in [-0.1, -0.05) is 13.3 Å². The maximum atomic E-state index is 12.1. The van der Waals surface area contributed by atoms with E-state index in [1.807, 2.05) is 6.92 Å². The largest absolute Gasteiger partial charge is 0.478 e. The van der Waals surface area contributed by atoms with Crippen molar-refractivity contribution >= 4 is 17.6 Å². The van der Waals surface area contributed by atoms with E-state index in [0.717, 1.165) is 12.8 Å². The zero-order chi connectivity index (χ0) is 20.5. The van der Waals surface area contributed by atoms with Gasteiger partial charge < -0.3 is 14.2 Å². The second-order valence-electron chi connectivity index (χ2n) is 5.64. The molecule has 0 aliphatic heterocycles. The molecule has 150 valence electrons. The topological polar surface area (TPSA) is 123 Å². The highest BCUT2D eigenvalue weighted by Gasteiger charge is 2.21. The lowest BCUT2D eigenvalue weighted by molar-refractivity contribution is -0.384. The number of aromatic nitrogens is 2. The third-order valence-electron chi connectivity index (χ3n) is 3.58. The van der Waals surface area contributed by atoms with Crippen molar-refractivity contribution in [1.29, 1.82) is 0 Å². The van der Waals surface area contributed by atoms with E-state index in [1.165, 1.54) is 35.1 Å². The van der Waals surface area contributed by atoms with Crippen molar-refractivity contribution in [3.63, 3.8) is 0 Å². The van der Waals surface area contributed by atoms with Crippen molar-refractivity contribution in [3.8, 4) is 11.4 Å². The summed E-state index contributed by atoms with van der Waals surface area (Å²) < 4.78 is 16.7. The second-order valence-corrected chi connectivity index (χ2v) is 5.64. The molecule has 0 N–H and O–H groups in total. The number of nitro benzene ring substituents is 1. The number of unbranched alkanes of at least 4 members (excludes halogenated alkanes) is 1. The zero-order valence-corrected chi connectivity index (χ0v) is 15.6. The average molecular weight is 391 g/mol. The fourth-order valence-corrected chi connectivity index (χ4v) is 2.17. The van der Waals surface area contributed by atoms with E-state index in [4.69, 9.17) is 14.2 Å². The summed E-state index contributed by atoms with van der Waals surface area (Å²) >= 11 is 0. The summed E-state index contributed by atoms with van der Waals surface area (Å²) in [4.78, 5) is 34.1. The van der Waals surface area contributed by atoms with Crippen LogP contribution in [0.25, 0.3) is 5.69 Å². The van der Waals surface area contributed by atoms with Crippen LogP contribution in [0.5, 0.6) is 5.75 Å². The highest BCUT2D eigenvalue weighted by molar-refractivity contribution is 5.90. The molecule has 2 aromatic rings. The molecule has 0 radical (unpaired) electrons. The first-order valence-corrected chi connectivity index (χ1v) is 8.76. The maximum Gasteiger partial charge on any atom is 0.362 e. The third kappa shape index (κ3) is 5.53. The van der Waals surface area contributed by atoms with Crippen LogP contribution >= 0.6 is 0 Å². The summed E-state index contributed by atoms with van der Waals surface area (Å²) in [6.07, 6.45) is 3.04. The summed E-state index contributed by atoms with van der Waals surface area (Å²) in [5.41, 5.74) is 0.283. The van der Waals surface area contributed by atoms with Crippen LogP contribution in [-0.2, 0) is 14.3 Å². The number of nitrogens with zero attached hydrogens (tertiary/aromatic N) is 3. The Morgan fingerprint density at radius 2 is 1.89 bits per heavy atom. The van der Waals surface area contributed by atoms with Gasteiger partial charge in [0.1, 0.15) is 0 Å². The molecule has 0 spiro atoms. The number of benzene rings is 1. The number of non-ortho nitro benzene ring substituents is 1. The van der Waals surface area contributed by atoms with Crippen LogP contribution in [0.3, 0.4) is 0 Å². The van der Waals surface area contributed by atoms with E-state index in [-0.39, 0.29) is 30.3 Å². The lowest BCUT2D eigenvalue weighted by Crippen LogP contribution is -2.16. The van der Waals surface area contributed by atoms with E-state index in [2.05, 4.69) is 5.10 Å². The number of ether oxygens (including phenoxy) is 3. The minimum atomic E-state index is -0.711. The van der Waals surface area contributed by atoms with Gasteiger partial charge in [0.2, 0.25) is 5.69 Å². The molecule has 1 aromatic carbocycles. The number of nitro groups is 1. The van der Waals surface area contributed by atoms with Crippen molar-refractivity contribution in [2.24, 2.45) is 0 Å². The third-order valence-corrected chi connectivity index (χ3v) is 3.58. The van der Waals surface area contributed by atoms with Gasteiger partial charge in [-0.25, -0.2) is 14.3 Å². The zero-order valence-electron chi connectivity index (χ0n) is 15.6. The summed E-state index contributed by atoms with van der Waals surface area (Å²) in [6.45, 7) is 3.68. The first kappa shape index (κ1) is 20.9. The molecule has 10 nitrogen and oxygen atoms in total. The predicted octanol–water partition coefficient (Wildman–Crippen LogP) is 2.68. The molecule has 0 saturated carbocycles. The van der Waals surface area contributed by atoms with Crippen molar-refractivity contribution in [1.82, 2.24) is 9.78 Å². The monoisotopic (exact) mass is 391 g/mol. The fraction of sp³-hybridized carbons (Fsp3) is 0.389.